The molecule has 0 spiro atoms. The van der Waals surface area contributed by atoms with Crippen molar-refractivity contribution in [1.29, 1.82) is 0 Å². The average molecular weight is 298 g/mol. The van der Waals surface area contributed by atoms with Gasteiger partial charge in [0.2, 0.25) is 0 Å². The van der Waals surface area contributed by atoms with E-state index in [9.17, 15) is 9.59 Å². The zero-order valence-corrected chi connectivity index (χ0v) is 13.9. The number of rotatable bonds is 8. The summed E-state index contributed by atoms with van der Waals surface area (Å²) in [6.07, 6.45) is 6.37. The first-order chi connectivity index (χ1) is 9.98. The molecule has 0 unspecified atom stereocenters. The van der Waals surface area contributed by atoms with Gasteiger partial charge in [0.05, 0.1) is 13.2 Å². The first-order valence-electron chi connectivity index (χ1n) is 8.33. The number of hydrogen-bond donors (Lipinski definition) is 0. The average Bonchev–Trinajstić information content (AvgIpc) is 2.93. The third-order valence-corrected chi connectivity index (χ3v) is 4.69. The van der Waals surface area contributed by atoms with E-state index in [2.05, 4.69) is 0 Å². The molecule has 1 saturated carbocycles. The summed E-state index contributed by atoms with van der Waals surface area (Å²) in [5.74, 6) is -0.336. The van der Waals surface area contributed by atoms with Gasteiger partial charge in [-0.3, -0.25) is 9.59 Å². The minimum atomic E-state index is -1.14. The topological polar surface area (TPSA) is 52.6 Å². The van der Waals surface area contributed by atoms with Crippen LogP contribution in [0.2, 0.25) is 0 Å². The molecule has 0 atom stereocenters. The largest absolute Gasteiger partial charge is 0.465 e. The highest BCUT2D eigenvalue weighted by atomic mass is 16.6. The highest BCUT2D eigenvalue weighted by Crippen LogP contribution is 2.40. The van der Waals surface area contributed by atoms with E-state index in [0.29, 0.717) is 12.3 Å². The van der Waals surface area contributed by atoms with Gasteiger partial charge in [-0.2, -0.15) is 0 Å². The second-order valence-electron chi connectivity index (χ2n) is 6.26. The van der Waals surface area contributed by atoms with E-state index >= 15 is 0 Å². The van der Waals surface area contributed by atoms with Gasteiger partial charge in [-0.15, -0.1) is 0 Å². The molecule has 0 saturated heterocycles. The van der Waals surface area contributed by atoms with E-state index in [1.807, 2.05) is 13.8 Å². The molecule has 0 aromatic rings. The third kappa shape index (κ3) is 4.21. The maximum Gasteiger partial charge on any atom is 0.323 e. The normalized spacial score (nSPS) is 16.2. The van der Waals surface area contributed by atoms with Gasteiger partial charge < -0.3 is 9.47 Å². The molecule has 0 bridgehead atoms. The molecule has 0 aliphatic heterocycles. The lowest BCUT2D eigenvalue weighted by molar-refractivity contribution is -0.177. The molecule has 0 radical (unpaired) electrons. The van der Waals surface area contributed by atoms with Crippen LogP contribution in [0, 0.1) is 17.3 Å². The summed E-state index contributed by atoms with van der Waals surface area (Å²) < 4.78 is 10.4. The fourth-order valence-corrected chi connectivity index (χ4v) is 3.30. The van der Waals surface area contributed by atoms with E-state index in [4.69, 9.17) is 9.47 Å². The summed E-state index contributed by atoms with van der Waals surface area (Å²) in [6, 6.07) is 0. The lowest BCUT2D eigenvalue weighted by Crippen LogP contribution is -2.46. The minimum absolute atomic E-state index is 0.128. The molecule has 0 aromatic carbocycles. The van der Waals surface area contributed by atoms with Gasteiger partial charge in [0.15, 0.2) is 5.41 Å². The van der Waals surface area contributed by atoms with Crippen LogP contribution in [0.5, 0.6) is 0 Å². The van der Waals surface area contributed by atoms with Crippen molar-refractivity contribution in [2.45, 2.75) is 66.2 Å². The molecule has 4 nitrogen and oxygen atoms in total. The fourth-order valence-electron chi connectivity index (χ4n) is 3.30. The highest BCUT2D eigenvalue weighted by molar-refractivity contribution is 6.00. The Bertz CT molecular complexity index is 325. The Morgan fingerprint density at radius 2 is 1.52 bits per heavy atom. The molecule has 1 aliphatic rings. The van der Waals surface area contributed by atoms with Crippen LogP contribution in [-0.4, -0.2) is 25.2 Å². The van der Waals surface area contributed by atoms with E-state index in [-0.39, 0.29) is 19.1 Å². The molecule has 1 fully saturated rings. The van der Waals surface area contributed by atoms with Crippen molar-refractivity contribution in [3.05, 3.63) is 0 Å². The van der Waals surface area contributed by atoms with Crippen molar-refractivity contribution in [3.63, 3.8) is 0 Å². The number of carbonyl (C=O) groups excluding carboxylic acids is 2. The number of carbonyl (C=O) groups is 2. The monoisotopic (exact) mass is 298 g/mol. The molecular formula is C17H30O4. The lowest BCUT2D eigenvalue weighted by atomic mass is 9.72. The van der Waals surface area contributed by atoms with Crippen LogP contribution in [0.1, 0.15) is 66.2 Å². The molecular weight excluding hydrogens is 268 g/mol. The van der Waals surface area contributed by atoms with E-state index < -0.39 is 17.4 Å². The zero-order chi connectivity index (χ0) is 15.9. The van der Waals surface area contributed by atoms with Gasteiger partial charge in [0.1, 0.15) is 0 Å². The van der Waals surface area contributed by atoms with Crippen LogP contribution in [0.15, 0.2) is 0 Å². The standard InChI is InChI=1S/C17H30O4/c1-5-20-15(18)17(13(3)4,16(19)21-6-2)12-11-14-9-7-8-10-14/h13-14H,5-12H2,1-4H3. The second kappa shape index (κ2) is 8.40. The van der Waals surface area contributed by atoms with Crippen molar-refractivity contribution in [3.8, 4) is 0 Å². The van der Waals surface area contributed by atoms with Gasteiger partial charge in [0, 0.05) is 0 Å². The van der Waals surface area contributed by atoms with Crippen molar-refractivity contribution >= 4 is 11.9 Å². The Morgan fingerprint density at radius 1 is 1.05 bits per heavy atom. The van der Waals surface area contributed by atoms with Crippen molar-refractivity contribution in [2.75, 3.05) is 13.2 Å². The van der Waals surface area contributed by atoms with Crippen LogP contribution < -0.4 is 0 Å². The number of hydrogen-bond acceptors (Lipinski definition) is 4. The van der Waals surface area contributed by atoms with Crippen LogP contribution in [0.25, 0.3) is 0 Å². The Morgan fingerprint density at radius 3 is 1.90 bits per heavy atom. The van der Waals surface area contributed by atoms with E-state index in [0.717, 1.165) is 6.42 Å². The Labute approximate surface area is 128 Å². The molecule has 0 amide bonds. The predicted octanol–water partition coefficient (Wildman–Crippen LogP) is 3.73. The predicted molar refractivity (Wildman–Crippen MR) is 81.7 cm³/mol. The number of esters is 2. The maximum absolute atomic E-state index is 12.5. The molecule has 4 heteroatoms. The first kappa shape index (κ1) is 18.0. The van der Waals surface area contributed by atoms with Crippen LogP contribution in [0.4, 0.5) is 0 Å². The maximum atomic E-state index is 12.5. The summed E-state index contributed by atoms with van der Waals surface area (Å²) in [5.41, 5.74) is -1.14. The van der Waals surface area contributed by atoms with Gasteiger partial charge in [-0.25, -0.2) is 0 Å². The smallest absolute Gasteiger partial charge is 0.323 e. The van der Waals surface area contributed by atoms with Gasteiger partial charge in [-0.05, 0) is 38.5 Å². The van der Waals surface area contributed by atoms with E-state index in [1.54, 1.807) is 13.8 Å². The quantitative estimate of drug-likeness (QED) is 0.506. The minimum Gasteiger partial charge on any atom is -0.465 e. The Kier molecular flexibility index (Phi) is 7.20. The molecule has 1 aliphatic carbocycles. The van der Waals surface area contributed by atoms with E-state index in [1.165, 1.54) is 25.7 Å². The van der Waals surface area contributed by atoms with Gasteiger partial charge >= 0.3 is 11.9 Å². The van der Waals surface area contributed by atoms with Gasteiger partial charge in [-0.1, -0.05) is 39.5 Å². The molecule has 0 aromatic heterocycles. The zero-order valence-electron chi connectivity index (χ0n) is 13.9. The first-order valence-corrected chi connectivity index (χ1v) is 8.33. The van der Waals surface area contributed by atoms with Crippen LogP contribution >= 0.6 is 0 Å². The molecule has 1 rings (SSSR count). The molecule has 122 valence electrons. The lowest BCUT2D eigenvalue weighted by Gasteiger charge is -2.33. The molecule has 0 N–H and O–H groups in total. The summed E-state index contributed by atoms with van der Waals surface area (Å²) in [7, 11) is 0. The summed E-state index contributed by atoms with van der Waals surface area (Å²) >= 11 is 0. The second-order valence-corrected chi connectivity index (χ2v) is 6.26. The molecule has 0 heterocycles. The van der Waals surface area contributed by atoms with Crippen LogP contribution in [0.3, 0.4) is 0 Å². The fraction of sp³-hybridized carbons (Fsp3) is 0.882. The Balaban J connectivity index is 2.92. The van der Waals surface area contributed by atoms with Crippen molar-refractivity contribution < 1.29 is 19.1 Å². The summed E-state index contributed by atoms with van der Waals surface area (Å²) in [6.45, 7) is 7.92. The van der Waals surface area contributed by atoms with Crippen molar-refractivity contribution in [2.24, 2.45) is 17.3 Å². The van der Waals surface area contributed by atoms with Crippen LogP contribution in [-0.2, 0) is 19.1 Å². The number of ether oxygens (including phenoxy) is 2. The van der Waals surface area contributed by atoms with Gasteiger partial charge in [0.25, 0.3) is 0 Å². The third-order valence-electron chi connectivity index (χ3n) is 4.69. The summed E-state index contributed by atoms with van der Waals surface area (Å²) in [4.78, 5) is 25.0. The summed E-state index contributed by atoms with van der Waals surface area (Å²) in [5, 5.41) is 0. The molecule has 21 heavy (non-hydrogen) atoms. The van der Waals surface area contributed by atoms with Crippen molar-refractivity contribution in [1.82, 2.24) is 0 Å². The highest BCUT2D eigenvalue weighted by Gasteiger charge is 2.51. The SMILES string of the molecule is CCOC(=O)C(CCC1CCCC1)(C(=O)OCC)C(C)C. The Hall–Kier alpha value is -1.06.